The molecule has 2 N–H and O–H groups in total. The summed E-state index contributed by atoms with van der Waals surface area (Å²) in [5, 5.41) is 7.36. The lowest BCUT2D eigenvalue weighted by molar-refractivity contribution is -0.133. The third-order valence-corrected chi connectivity index (χ3v) is 7.99. The van der Waals surface area contributed by atoms with Gasteiger partial charge in [-0.3, -0.25) is 4.79 Å². The maximum Gasteiger partial charge on any atom is 0.234 e. The lowest BCUT2D eigenvalue weighted by Gasteiger charge is -2.34. The van der Waals surface area contributed by atoms with Crippen LogP contribution in [0.4, 0.5) is 0 Å². The topological polar surface area (TPSA) is 44.4 Å². The van der Waals surface area contributed by atoms with E-state index in [9.17, 15) is 4.79 Å². The fourth-order valence-corrected chi connectivity index (χ4v) is 5.81. The Kier molecular flexibility index (Phi) is 12.8. The number of nitrogens with one attached hydrogen (secondary N) is 2. The predicted molar refractivity (Wildman–Crippen MR) is 153 cm³/mol. The minimum Gasteiger partial charge on any atom is -0.342 e. The van der Waals surface area contributed by atoms with E-state index in [1.807, 2.05) is 36.4 Å². The molecule has 4 nitrogen and oxygen atoms in total. The second-order valence-electron chi connectivity index (χ2n) is 10.6. The van der Waals surface area contributed by atoms with E-state index in [1.165, 1.54) is 51.5 Å². The Morgan fingerprint density at radius 1 is 0.722 bits per heavy atom. The average molecular weight is 512 g/mol. The molecule has 0 aromatic heterocycles. The zero-order chi connectivity index (χ0) is 24.1. The highest BCUT2D eigenvalue weighted by Gasteiger charge is 2.30. The number of unbranched alkanes of at least 4 members (excludes halogenated alkanes) is 1. The van der Waals surface area contributed by atoms with Crippen molar-refractivity contribution in [1.82, 2.24) is 15.5 Å². The van der Waals surface area contributed by atoms with Crippen LogP contribution in [0.25, 0.3) is 0 Å². The third-order valence-electron chi connectivity index (χ3n) is 7.99. The molecule has 2 aliphatic rings. The Bertz CT molecular complexity index is 809. The van der Waals surface area contributed by atoms with Gasteiger partial charge < -0.3 is 15.5 Å². The van der Waals surface area contributed by atoms with Gasteiger partial charge in [0.1, 0.15) is 0 Å². The van der Waals surface area contributed by atoms with Crippen LogP contribution in [0.1, 0.15) is 74.8 Å². The fourth-order valence-electron chi connectivity index (χ4n) is 5.81. The van der Waals surface area contributed by atoms with Crippen molar-refractivity contribution < 1.29 is 4.79 Å². The van der Waals surface area contributed by atoms with Gasteiger partial charge in [0, 0.05) is 13.1 Å². The van der Waals surface area contributed by atoms with Gasteiger partial charge in [-0.15, -0.1) is 12.4 Å². The summed E-state index contributed by atoms with van der Waals surface area (Å²) >= 11 is 0. The molecule has 1 amide bonds. The van der Waals surface area contributed by atoms with E-state index < -0.39 is 0 Å². The standard InChI is InChI=1S/C31H45N3O.ClH/c35-31(30(28-14-6-2-7-15-28)29-16-8-3-9-17-29)34-22-18-27(19-23-34)25-33-21-11-10-20-32-24-26-12-4-1-5-13-26;/h2-3,6-9,14-17,26-27,30,32-33H,1,4-5,10-13,18-25H2;1H. The van der Waals surface area contributed by atoms with Crippen LogP contribution in [0.2, 0.25) is 0 Å². The molecular weight excluding hydrogens is 466 g/mol. The van der Waals surface area contributed by atoms with E-state index >= 15 is 0 Å². The Labute approximate surface area is 225 Å². The van der Waals surface area contributed by atoms with Gasteiger partial charge in [0.25, 0.3) is 0 Å². The summed E-state index contributed by atoms with van der Waals surface area (Å²) in [6, 6.07) is 20.5. The van der Waals surface area contributed by atoms with Gasteiger partial charge >= 0.3 is 0 Å². The number of carbonyl (C=O) groups is 1. The van der Waals surface area contributed by atoms with E-state index in [-0.39, 0.29) is 24.2 Å². The number of rotatable bonds is 12. The second kappa shape index (κ2) is 16.1. The molecule has 2 fully saturated rings. The highest BCUT2D eigenvalue weighted by atomic mass is 35.5. The Morgan fingerprint density at radius 3 is 1.69 bits per heavy atom. The van der Waals surface area contributed by atoms with Crippen molar-refractivity contribution in [3.63, 3.8) is 0 Å². The van der Waals surface area contributed by atoms with E-state index in [4.69, 9.17) is 0 Å². The lowest BCUT2D eigenvalue weighted by atomic mass is 9.88. The smallest absolute Gasteiger partial charge is 0.234 e. The molecule has 1 aliphatic heterocycles. The first-order chi connectivity index (χ1) is 17.3. The zero-order valence-corrected chi connectivity index (χ0v) is 22.7. The third kappa shape index (κ3) is 8.90. The molecule has 1 saturated carbocycles. The lowest BCUT2D eigenvalue weighted by Crippen LogP contribution is -2.43. The summed E-state index contributed by atoms with van der Waals surface area (Å²) in [7, 11) is 0. The highest BCUT2D eigenvalue weighted by molar-refractivity contribution is 5.87. The van der Waals surface area contributed by atoms with Crippen LogP contribution in [0.15, 0.2) is 60.7 Å². The summed E-state index contributed by atoms with van der Waals surface area (Å²) < 4.78 is 0. The molecule has 0 atom stereocenters. The number of halogens is 1. The summed E-state index contributed by atoms with van der Waals surface area (Å²) in [5.74, 6) is 1.64. The number of nitrogens with zero attached hydrogens (tertiary/aromatic N) is 1. The van der Waals surface area contributed by atoms with Crippen molar-refractivity contribution in [3.8, 4) is 0 Å². The molecule has 1 saturated heterocycles. The van der Waals surface area contributed by atoms with Crippen LogP contribution in [0.5, 0.6) is 0 Å². The monoisotopic (exact) mass is 511 g/mol. The Hall–Kier alpha value is -1.88. The minimum absolute atomic E-state index is 0. The van der Waals surface area contributed by atoms with Crippen molar-refractivity contribution in [1.29, 1.82) is 0 Å². The molecule has 0 unspecified atom stereocenters. The number of amides is 1. The van der Waals surface area contributed by atoms with E-state index in [0.29, 0.717) is 5.92 Å². The van der Waals surface area contributed by atoms with Gasteiger partial charge in [-0.25, -0.2) is 0 Å². The molecule has 5 heteroatoms. The van der Waals surface area contributed by atoms with E-state index in [1.54, 1.807) is 0 Å². The Morgan fingerprint density at radius 2 is 1.19 bits per heavy atom. The van der Waals surface area contributed by atoms with Crippen LogP contribution in [-0.4, -0.2) is 50.1 Å². The van der Waals surface area contributed by atoms with Crippen molar-refractivity contribution in [3.05, 3.63) is 71.8 Å². The number of carbonyl (C=O) groups excluding carboxylic acids is 1. The summed E-state index contributed by atoms with van der Waals surface area (Å²) in [4.78, 5) is 15.7. The summed E-state index contributed by atoms with van der Waals surface area (Å²) in [6.45, 7) is 6.30. The number of likely N-dealkylation sites (tertiary alicyclic amines) is 1. The second-order valence-corrected chi connectivity index (χ2v) is 10.6. The molecule has 36 heavy (non-hydrogen) atoms. The Balaban J connectivity index is 0.00000361. The van der Waals surface area contributed by atoms with Crippen molar-refractivity contribution in [2.75, 3.05) is 39.3 Å². The van der Waals surface area contributed by atoms with E-state index in [2.05, 4.69) is 39.8 Å². The predicted octanol–water partition coefficient (Wildman–Crippen LogP) is 6.02. The zero-order valence-electron chi connectivity index (χ0n) is 21.9. The van der Waals surface area contributed by atoms with E-state index in [0.717, 1.165) is 62.6 Å². The molecule has 2 aromatic rings. The van der Waals surface area contributed by atoms with Crippen LogP contribution < -0.4 is 10.6 Å². The van der Waals surface area contributed by atoms with Gasteiger partial charge in [0.2, 0.25) is 5.91 Å². The quantitative estimate of drug-likeness (QED) is 0.342. The van der Waals surface area contributed by atoms with Crippen molar-refractivity contribution >= 4 is 18.3 Å². The van der Waals surface area contributed by atoms with Crippen LogP contribution in [0, 0.1) is 11.8 Å². The molecule has 1 heterocycles. The first-order valence-corrected chi connectivity index (χ1v) is 14.1. The fraction of sp³-hybridized carbons (Fsp3) is 0.581. The first-order valence-electron chi connectivity index (χ1n) is 14.1. The maximum absolute atomic E-state index is 13.6. The highest BCUT2D eigenvalue weighted by Crippen LogP contribution is 2.29. The van der Waals surface area contributed by atoms with Crippen molar-refractivity contribution in [2.24, 2.45) is 11.8 Å². The normalized spacial score (nSPS) is 17.2. The minimum atomic E-state index is -0.209. The number of hydrogen-bond acceptors (Lipinski definition) is 3. The SMILES string of the molecule is Cl.O=C(C(c1ccccc1)c1ccccc1)N1CCC(CNCCCCNCC2CCCCC2)CC1. The van der Waals surface area contributed by atoms with Crippen LogP contribution in [0.3, 0.4) is 0 Å². The number of benzene rings is 2. The van der Waals surface area contributed by atoms with Gasteiger partial charge in [0.15, 0.2) is 0 Å². The molecule has 4 rings (SSSR count). The van der Waals surface area contributed by atoms with Crippen LogP contribution >= 0.6 is 12.4 Å². The van der Waals surface area contributed by atoms with Crippen molar-refractivity contribution in [2.45, 2.75) is 63.7 Å². The summed E-state index contributed by atoms with van der Waals surface area (Å²) in [6.07, 6.45) is 11.9. The summed E-state index contributed by atoms with van der Waals surface area (Å²) in [5.41, 5.74) is 2.17. The molecule has 0 radical (unpaired) electrons. The molecule has 0 bridgehead atoms. The number of hydrogen-bond donors (Lipinski definition) is 2. The van der Waals surface area contributed by atoms with Crippen LogP contribution in [-0.2, 0) is 4.79 Å². The molecule has 198 valence electrons. The first kappa shape index (κ1) is 28.7. The molecule has 0 spiro atoms. The largest absolute Gasteiger partial charge is 0.342 e. The van der Waals surface area contributed by atoms with Gasteiger partial charge in [-0.1, -0.05) is 79.9 Å². The molecule has 2 aromatic carbocycles. The molecule has 1 aliphatic carbocycles. The van der Waals surface area contributed by atoms with Gasteiger partial charge in [-0.2, -0.15) is 0 Å². The average Bonchev–Trinajstić information content (AvgIpc) is 2.92. The molecular formula is C31H46ClN3O. The number of piperidine rings is 1. The van der Waals surface area contributed by atoms with Gasteiger partial charge in [0.05, 0.1) is 5.92 Å². The maximum atomic E-state index is 13.6. The van der Waals surface area contributed by atoms with Gasteiger partial charge in [-0.05, 0) is 87.7 Å².